The van der Waals surface area contributed by atoms with Crippen molar-refractivity contribution in [2.45, 2.75) is 31.6 Å². The third-order valence-electron chi connectivity index (χ3n) is 3.46. The molecule has 2 aromatic rings. The molecule has 88 valence electrons. The highest BCUT2D eigenvalue weighted by Gasteiger charge is 2.19. The van der Waals surface area contributed by atoms with Crippen molar-refractivity contribution in [1.82, 2.24) is 9.78 Å². The van der Waals surface area contributed by atoms with Crippen LogP contribution in [-0.2, 0) is 0 Å². The molecule has 0 amide bonds. The van der Waals surface area contributed by atoms with E-state index in [0.29, 0.717) is 5.92 Å². The normalized spacial score (nSPS) is 16.5. The Labute approximate surface area is 100 Å². The van der Waals surface area contributed by atoms with Crippen molar-refractivity contribution in [2.24, 2.45) is 0 Å². The second-order valence-electron chi connectivity index (χ2n) is 4.65. The quantitative estimate of drug-likeness (QED) is 0.769. The molecule has 0 saturated heterocycles. The van der Waals surface area contributed by atoms with Gasteiger partial charge in [-0.3, -0.25) is 0 Å². The molecular formula is C14H15FN2. The number of halogens is 1. The molecule has 2 nitrogen and oxygen atoms in total. The second kappa shape index (κ2) is 4.32. The van der Waals surface area contributed by atoms with Crippen LogP contribution in [0, 0.1) is 5.82 Å². The van der Waals surface area contributed by atoms with Gasteiger partial charge >= 0.3 is 0 Å². The molecule has 1 aromatic carbocycles. The van der Waals surface area contributed by atoms with Crippen molar-refractivity contribution >= 4 is 0 Å². The predicted molar refractivity (Wildman–Crippen MR) is 64.7 cm³/mol. The standard InChI is InChI=1S/C14H15FN2/c15-12-6-3-7-13(10-12)17-9-8-14(16-17)11-4-1-2-5-11/h3,6-11H,1-2,4-5H2. The average molecular weight is 230 g/mol. The van der Waals surface area contributed by atoms with Crippen LogP contribution >= 0.6 is 0 Å². The SMILES string of the molecule is Fc1cccc(-n2ccc(C3CCCC3)n2)c1. The lowest BCUT2D eigenvalue weighted by atomic mass is 10.1. The smallest absolute Gasteiger partial charge is 0.125 e. The first-order chi connectivity index (χ1) is 8.33. The maximum absolute atomic E-state index is 13.1. The molecule has 0 bridgehead atoms. The van der Waals surface area contributed by atoms with Crippen LogP contribution in [0.3, 0.4) is 0 Å². The van der Waals surface area contributed by atoms with Gasteiger partial charge in [0.05, 0.1) is 11.4 Å². The van der Waals surface area contributed by atoms with E-state index in [4.69, 9.17) is 0 Å². The predicted octanol–water partition coefficient (Wildman–Crippen LogP) is 3.67. The van der Waals surface area contributed by atoms with Crippen molar-refractivity contribution in [2.75, 3.05) is 0 Å². The third kappa shape index (κ3) is 2.09. The van der Waals surface area contributed by atoms with Crippen LogP contribution in [0.4, 0.5) is 4.39 Å². The van der Waals surface area contributed by atoms with Crippen LogP contribution < -0.4 is 0 Å². The first-order valence-corrected chi connectivity index (χ1v) is 6.14. The van der Waals surface area contributed by atoms with E-state index in [1.54, 1.807) is 10.7 Å². The van der Waals surface area contributed by atoms with Gasteiger partial charge in [-0.05, 0) is 37.1 Å². The van der Waals surface area contributed by atoms with Crippen molar-refractivity contribution in [3.63, 3.8) is 0 Å². The van der Waals surface area contributed by atoms with Crippen molar-refractivity contribution < 1.29 is 4.39 Å². The van der Waals surface area contributed by atoms with E-state index in [9.17, 15) is 4.39 Å². The van der Waals surface area contributed by atoms with Gasteiger partial charge < -0.3 is 0 Å². The molecule has 0 unspecified atom stereocenters. The maximum atomic E-state index is 13.1. The minimum Gasteiger partial charge on any atom is -0.241 e. The van der Waals surface area contributed by atoms with E-state index in [1.807, 2.05) is 12.3 Å². The molecule has 1 saturated carbocycles. The fraction of sp³-hybridized carbons (Fsp3) is 0.357. The summed E-state index contributed by atoms with van der Waals surface area (Å²) in [6, 6.07) is 8.59. The fourth-order valence-electron chi connectivity index (χ4n) is 2.54. The lowest BCUT2D eigenvalue weighted by molar-refractivity contribution is 0.624. The first-order valence-electron chi connectivity index (χ1n) is 6.14. The lowest BCUT2D eigenvalue weighted by Gasteiger charge is -2.04. The van der Waals surface area contributed by atoms with Crippen molar-refractivity contribution in [1.29, 1.82) is 0 Å². The summed E-state index contributed by atoms with van der Waals surface area (Å²) in [5.74, 6) is 0.380. The molecule has 0 atom stereocenters. The number of hydrogen-bond donors (Lipinski definition) is 0. The highest BCUT2D eigenvalue weighted by molar-refractivity contribution is 5.31. The van der Waals surface area contributed by atoms with E-state index in [0.717, 1.165) is 11.4 Å². The third-order valence-corrected chi connectivity index (χ3v) is 3.46. The Morgan fingerprint density at radius 2 is 2.00 bits per heavy atom. The zero-order valence-corrected chi connectivity index (χ0v) is 9.64. The van der Waals surface area contributed by atoms with Gasteiger partial charge in [-0.15, -0.1) is 0 Å². The summed E-state index contributed by atoms with van der Waals surface area (Å²) in [4.78, 5) is 0. The Morgan fingerprint density at radius 1 is 1.18 bits per heavy atom. The Bertz CT molecular complexity index is 512. The summed E-state index contributed by atoms with van der Waals surface area (Å²) in [6.45, 7) is 0. The van der Waals surface area contributed by atoms with Gasteiger partial charge in [0.25, 0.3) is 0 Å². The molecule has 0 spiro atoms. The van der Waals surface area contributed by atoms with E-state index in [2.05, 4.69) is 11.2 Å². The van der Waals surface area contributed by atoms with Crippen LogP contribution in [0.25, 0.3) is 5.69 Å². The first kappa shape index (κ1) is 10.5. The molecule has 1 fully saturated rings. The molecule has 1 heterocycles. The van der Waals surface area contributed by atoms with Gasteiger partial charge in [0.1, 0.15) is 5.82 Å². The minimum absolute atomic E-state index is 0.222. The largest absolute Gasteiger partial charge is 0.241 e. The minimum atomic E-state index is -0.222. The molecule has 0 radical (unpaired) electrons. The summed E-state index contributed by atoms with van der Waals surface area (Å²) >= 11 is 0. The summed E-state index contributed by atoms with van der Waals surface area (Å²) in [7, 11) is 0. The lowest BCUT2D eigenvalue weighted by Crippen LogP contribution is -1.99. The highest BCUT2D eigenvalue weighted by atomic mass is 19.1. The van der Waals surface area contributed by atoms with Gasteiger partial charge in [0, 0.05) is 12.1 Å². The molecule has 1 aliphatic rings. The molecule has 3 heteroatoms. The Kier molecular flexibility index (Phi) is 2.67. The van der Waals surface area contributed by atoms with Crippen LogP contribution in [0.5, 0.6) is 0 Å². The maximum Gasteiger partial charge on any atom is 0.125 e. The number of nitrogens with zero attached hydrogens (tertiary/aromatic N) is 2. The van der Waals surface area contributed by atoms with Gasteiger partial charge in [0.2, 0.25) is 0 Å². The summed E-state index contributed by atoms with van der Waals surface area (Å²) < 4.78 is 14.9. The van der Waals surface area contributed by atoms with Gasteiger partial charge in [-0.2, -0.15) is 5.10 Å². The zero-order chi connectivity index (χ0) is 11.7. The fourth-order valence-corrected chi connectivity index (χ4v) is 2.54. The second-order valence-corrected chi connectivity index (χ2v) is 4.65. The van der Waals surface area contributed by atoms with Crippen LogP contribution in [-0.4, -0.2) is 9.78 Å². The van der Waals surface area contributed by atoms with E-state index in [-0.39, 0.29) is 5.82 Å². The van der Waals surface area contributed by atoms with Crippen LogP contribution in [0.2, 0.25) is 0 Å². The van der Waals surface area contributed by atoms with E-state index >= 15 is 0 Å². The molecule has 17 heavy (non-hydrogen) atoms. The number of benzene rings is 1. The highest BCUT2D eigenvalue weighted by Crippen LogP contribution is 2.33. The van der Waals surface area contributed by atoms with Crippen molar-refractivity contribution in [3.05, 3.63) is 48.0 Å². The van der Waals surface area contributed by atoms with Gasteiger partial charge in [0.15, 0.2) is 0 Å². The zero-order valence-electron chi connectivity index (χ0n) is 9.64. The Morgan fingerprint density at radius 3 is 2.76 bits per heavy atom. The number of aromatic nitrogens is 2. The van der Waals surface area contributed by atoms with Gasteiger partial charge in [-0.1, -0.05) is 18.9 Å². The average Bonchev–Trinajstić information content (AvgIpc) is 3.00. The molecular weight excluding hydrogens is 215 g/mol. The molecule has 1 aromatic heterocycles. The van der Waals surface area contributed by atoms with Gasteiger partial charge in [-0.25, -0.2) is 9.07 Å². The Hall–Kier alpha value is -1.64. The monoisotopic (exact) mass is 230 g/mol. The topological polar surface area (TPSA) is 17.8 Å². The number of rotatable bonds is 2. The molecule has 3 rings (SSSR count). The summed E-state index contributed by atoms with van der Waals surface area (Å²) in [5, 5.41) is 4.55. The van der Waals surface area contributed by atoms with Crippen LogP contribution in [0.1, 0.15) is 37.3 Å². The molecule has 0 aliphatic heterocycles. The molecule has 1 aliphatic carbocycles. The van der Waals surface area contributed by atoms with Crippen molar-refractivity contribution in [3.8, 4) is 5.69 Å². The number of hydrogen-bond acceptors (Lipinski definition) is 1. The van der Waals surface area contributed by atoms with E-state index < -0.39 is 0 Å². The van der Waals surface area contributed by atoms with E-state index in [1.165, 1.54) is 37.8 Å². The Balaban J connectivity index is 1.89. The van der Waals surface area contributed by atoms with Crippen LogP contribution in [0.15, 0.2) is 36.5 Å². The summed E-state index contributed by atoms with van der Waals surface area (Å²) in [5.41, 5.74) is 1.93. The molecule has 0 N–H and O–H groups in total. The summed E-state index contributed by atoms with van der Waals surface area (Å²) in [6.07, 6.45) is 7.00.